The summed E-state index contributed by atoms with van der Waals surface area (Å²) in [7, 11) is 3.78. The molecule has 2 aliphatic heterocycles. The SMILES string of the molecule is CN(C)CCNC(=O)CC1(C2CCN(C(=O)c3cc(C(F)(F)F)cc(C(F)(F)F)c3)C(Cc3ccccc3)C2)C=CC=N1. The van der Waals surface area contributed by atoms with Gasteiger partial charge in [-0.1, -0.05) is 36.4 Å². The van der Waals surface area contributed by atoms with Gasteiger partial charge in [0.05, 0.1) is 23.1 Å². The predicted molar refractivity (Wildman–Crippen MR) is 151 cm³/mol. The Morgan fingerprint density at radius 3 is 2.23 bits per heavy atom. The van der Waals surface area contributed by atoms with Crippen LogP contribution in [0, 0.1) is 5.92 Å². The van der Waals surface area contributed by atoms with Crippen LogP contribution in [0.5, 0.6) is 0 Å². The van der Waals surface area contributed by atoms with E-state index in [2.05, 4.69) is 10.3 Å². The largest absolute Gasteiger partial charge is 0.416 e. The average molecular weight is 609 g/mol. The lowest BCUT2D eigenvalue weighted by Gasteiger charge is -2.45. The molecule has 2 aliphatic rings. The van der Waals surface area contributed by atoms with Crippen molar-refractivity contribution >= 4 is 18.0 Å². The molecule has 0 spiro atoms. The number of likely N-dealkylation sites (N-methyl/N-ethyl adjacent to an activating group) is 1. The molecule has 43 heavy (non-hydrogen) atoms. The molecule has 6 nitrogen and oxygen atoms in total. The molecular formula is C31H34F6N4O2. The normalized spacial score (nSPS) is 22.3. The molecule has 2 heterocycles. The number of amides is 2. The van der Waals surface area contributed by atoms with Crippen LogP contribution < -0.4 is 5.32 Å². The highest BCUT2D eigenvalue weighted by molar-refractivity contribution is 5.95. The van der Waals surface area contributed by atoms with E-state index < -0.39 is 46.5 Å². The van der Waals surface area contributed by atoms with Gasteiger partial charge in [0.1, 0.15) is 0 Å². The Labute approximate surface area is 246 Å². The third kappa shape index (κ3) is 8.04. The molecule has 12 heteroatoms. The molecule has 0 aliphatic carbocycles. The number of likely N-dealkylation sites (tertiary alicyclic amines) is 1. The average Bonchev–Trinajstić information content (AvgIpc) is 3.41. The van der Waals surface area contributed by atoms with E-state index in [1.165, 1.54) is 4.90 Å². The van der Waals surface area contributed by atoms with E-state index >= 15 is 0 Å². The van der Waals surface area contributed by atoms with Gasteiger partial charge in [-0.05, 0) is 69.1 Å². The summed E-state index contributed by atoms with van der Waals surface area (Å²) in [5.74, 6) is -1.30. The minimum Gasteiger partial charge on any atom is -0.355 e. The van der Waals surface area contributed by atoms with Crippen molar-refractivity contribution in [2.75, 3.05) is 33.7 Å². The van der Waals surface area contributed by atoms with Crippen molar-refractivity contribution in [3.05, 3.63) is 82.9 Å². The number of piperidine rings is 1. The molecule has 232 valence electrons. The Bertz CT molecular complexity index is 1310. The van der Waals surface area contributed by atoms with Gasteiger partial charge in [0, 0.05) is 37.5 Å². The molecule has 2 amide bonds. The molecule has 1 fully saturated rings. The van der Waals surface area contributed by atoms with Crippen LogP contribution in [0.25, 0.3) is 0 Å². The van der Waals surface area contributed by atoms with Gasteiger partial charge in [0.2, 0.25) is 5.91 Å². The third-order valence-corrected chi connectivity index (χ3v) is 7.94. The molecule has 2 aromatic carbocycles. The fourth-order valence-corrected chi connectivity index (χ4v) is 5.76. The lowest BCUT2D eigenvalue weighted by Crippen LogP contribution is -2.52. The van der Waals surface area contributed by atoms with Gasteiger partial charge in [-0.25, -0.2) is 0 Å². The Balaban J connectivity index is 1.64. The van der Waals surface area contributed by atoms with E-state index in [0.29, 0.717) is 44.5 Å². The Morgan fingerprint density at radius 1 is 1.02 bits per heavy atom. The van der Waals surface area contributed by atoms with Crippen LogP contribution in [0.1, 0.15) is 46.3 Å². The van der Waals surface area contributed by atoms with E-state index in [1.54, 1.807) is 12.3 Å². The molecule has 0 saturated carbocycles. The maximum Gasteiger partial charge on any atom is 0.416 e. The quantitative estimate of drug-likeness (QED) is 0.375. The van der Waals surface area contributed by atoms with Crippen molar-refractivity contribution in [1.82, 2.24) is 15.1 Å². The molecule has 1 N–H and O–H groups in total. The molecule has 0 aromatic heterocycles. The lowest BCUT2D eigenvalue weighted by molar-refractivity contribution is -0.143. The van der Waals surface area contributed by atoms with Gasteiger partial charge in [0.25, 0.3) is 5.91 Å². The monoisotopic (exact) mass is 608 g/mol. The zero-order valence-corrected chi connectivity index (χ0v) is 23.9. The maximum absolute atomic E-state index is 13.7. The summed E-state index contributed by atoms with van der Waals surface area (Å²) in [5.41, 5.74) is -3.76. The molecule has 4 rings (SSSR count). The number of nitrogens with one attached hydrogen (secondary N) is 1. The first-order valence-corrected chi connectivity index (χ1v) is 14.0. The summed E-state index contributed by atoms with van der Waals surface area (Å²) in [6.07, 6.45) is -3.79. The molecular weight excluding hydrogens is 574 g/mol. The van der Waals surface area contributed by atoms with Gasteiger partial charge in [0.15, 0.2) is 0 Å². The van der Waals surface area contributed by atoms with Crippen molar-refractivity contribution in [2.45, 2.75) is 49.6 Å². The zero-order chi connectivity index (χ0) is 31.4. The minimum atomic E-state index is -5.07. The zero-order valence-electron chi connectivity index (χ0n) is 23.9. The van der Waals surface area contributed by atoms with Crippen LogP contribution in [-0.4, -0.2) is 73.1 Å². The number of halogens is 6. The van der Waals surface area contributed by atoms with Crippen molar-refractivity contribution < 1.29 is 35.9 Å². The number of rotatable bonds is 9. The van der Waals surface area contributed by atoms with Crippen molar-refractivity contribution in [2.24, 2.45) is 10.9 Å². The second kappa shape index (κ2) is 12.9. The Kier molecular flexibility index (Phi) is 9.68. The Hall–Kier alpha value is -3.67. The number of allylic oxidation sites excluding steroid dienone is 1. The number of nitrogens with zero attached hydrogens (tertiary/aromatic N) is 3. The third-order valence-electron chi connectivity index (χ3n) is 7.94. The van der Waals surface area contributed by atoms with Crippen LogP contribution >= 0.6 is 0 Å². The first-order valence-electron chi connectivity index (χ1n) is 14.0. The highest BCUT2D eigenvalue weighted by Gasteiger charge is 2.45. The van der Waals surface area contributed by atoms with Crippen LogP contribution in [0.3, 0.4) is 0 Å². The first-order chi connectivity index (χ1) is 20.2. The summed E-state index contributed by atoms with van der Waals surface area (Å²) in [6, 6.07) is 9.55. The number of aliphatic imine (C=N–C) groups is 1. The van der Waals surface area contributed by atoms with E-state index in [-0.39, 0.29) is 30.9 Å². The van der Waals surface area contributed by atoms with E-state index in [4.69, 9.17) is 0 Å². The number of carbonyl (C=O) groups is 2. The topological polar surface area (TPSA) is 65.0 Å². The molecule has 3 unspecified atom stereocenters. The number of hydrogen-bond acceptors (Lipinski definition) is 4. The standard InChI is InChI=1S/C31H34F6N4O2/c1-40(2)14-12-38-27(42)20-29(10-6-11-39-29)23-9-13-41(26(19-23)15-21-7-4-3-5-8-21)28(43)22-16-24(30(32,33)34)18-25(17-22)31(35,36)37/h3-8,10-11,16-18,23,26H,9,12-15,19-20H2,1-2H3,(H,38,42). The highest BCUT2D eigenvalue weighted by atomic mass is 19.4. The number of alkyl halides is 6. The maximum atomic E-state index is 13.7. The van der Waals surface area contributed by atoms with Gasteiger partial charge >= 0.3 is 12.4 Å². The van der Waals surface area contributed by atoms with Gasteiger partial charge < -0.3 is 15.1 Å². The summed E-state index contributed by atoms with van der Waals surface area (Å²) in [6.45, 7) is 1.19. The molecule has 1 saturated heterocycles. The van der Waals surface area contributed by atoms with Gasteiger partial charge in [-0.2, -0.15) is 26.3 Å². The number of benzene rings is 2. The molecule has 0 bridgehead atoms. The second-order valence-corrected chi connectivity index (χ2v) is 11.3. The summed E-state index contributed by atoms with van der Waals surface area (Å²) < 4.78 is 81.3. The van der Waals surface area contributed by atoms with Crippen LogP contribution in [-0.2, 0) is 23.6 Å². The Morgan fingerprint density at radius 2 is 1.67 bits per heavy atom. The van der Waals surface area contributed by atoms with E-state index in [0.717, 1.165) is 5.56 Å². The number of carbonyl (C=O) groups excluding carboxylic acids is 2. The fourth-order valence-electron chi connectivity index (χ4n) is 5.76. The van der Waals surface area contributed by atoms with Gasteiger partial charge in [-0.15, -0.1) is 0 Å². The first kappa shape index (κ1) is 32.2. The molecule has 2 aromatic rings. The highest BCUT2D eigenvalue weighted by Crippen LogP contribution is 2.41. The minimum absolute atomic E-state index is 0.0161. The van der Waals surface area contributed by atoms with E-state index in [9.17, 15) is 35.9 Å². The van der Waals surface area contributed by atoms with Crippen molar-refractivity contribution in [3.63, 3.8) is 0 Å². The second-order valence-electron chi connectivity index (χ2n) is 11.3. The summed E-state index contributed by atoms with van der Waals surface area (Å²) in [4.78, 5) is 34.6. The summed E-state index contributed by atoms with van der Waals surface area (Å²) >= 11 is 0. The van der Waals surface area contributed by atoms with Crippen LogP contribution in [0.2, 0.25) is 0 Å². The molecule has 0 radical (unpaired) electrons. The number of hydrogen-bond donors (Lipinski definition) is 1. The summed E-state index contributed by atoms with van der Waals surface area (Å²) in [5, 5.41) is 2.90. The molecule has 3 atom stereocenters. The van der Waals surface area contributed by atoms with Gasteiger partial charge in [-0.3, -0.25) is 14.6 Å². The van der Waals surface area contributed by atoms with Crippen LogP contribution in [0.15, 0.2) is 65.7 Å². The predicted octanol–water partition coefficient (Wildman–Crippen LogP) is 5.64. The lowest BCUT2D eigenvalue weighted by atomic mass is 9.73. The van der Waals surface area contributed by atoms with E-state index in [1.807, 2.05) is 55.4 Å². The smallest absolute Gasteiger partial charge is 0.355 e. The van der Waals surface area contributed by atoms with Crippen molar-refractivity contribution in [1.29, 1.82) is 0 Å². The fraction of sp³-hybridized carbons (Fsp3) is 0.452. The van der Waals surface area contributed by atoms with Crippen LogP contribution in [0.4, 0.5) is 26.3 Å². The van der Waals surface area contributed by atoms with Crippen molar-refractivity contribution in [3.8, 4) is 0 Å².